The van der Waals surface area contributed by atoms with E-state index in [2.05, 4.69) is 9.46 Å². The normalized spacial score (nSPS) is 11.7. The molecule has 0 aliphatic rings. The van der Waals surface area contributed by atoms with Crippen LogP contribution in [-0.4, -0.2) is 22.1 Å². The molecule has 0 heterocycles. The summed E-state index contributed by atoms with van der Waals surface area (Å²) < 4.78 is 62.3. The van der Waals surface area contributed by atoms with Gasteiger partial charge in [0.25, 0.3) is 0 Å². The second-order valence-corrected chi connectivity index (χ2v) is 7.40. The van der Waals surface area contributed by atoms with Crippen LogP contribution in [0.1, 0.15) is 5.56 Å². The fraction of sp³-hybridized carbons (Fsp3) is 0.158. The number of fused-ring (bicyclic) bond motifs is 1. The molecule has 142 valence electrons. The van der Waals surface area contributed by atoms with Crippen molar-refractivity contribution in [2.45, 2.75) is 18.1 Å². The van der Waals surface area contributed by atoms with Gasteiger partial charge in [-0.1, -0.05) is 36.4 Å². The lowest BCUT2D eigenvalue weighted by molar-refractivity contribution is -0.0498. The van der Waals surface area contributed by atoms with E-state index in [4.69, 9.17) is 4.74 Å². The first-order valence-electron chi connectivity index (χ1n) is 8.00. The lowest BCUT2D eigenvalue weighted by atomic mass is 10.1. The fourth-order valence-electron chi connectivity index (χ4n) is 2.74. The van der Waals surface area contributed by atoms with Gasteiger partial charge in [0, 0.05) is 17.3 Å². The van der Waals surface area contributed by atoms with Crippen LogP contribution in [0.5, 0.6) is 11.5 Å². The second kappa shape index (κ2) is 7.89. The van der Waals surface area contributed by atoms with Crippen LogP contribution in [0.4, 0.5) is 8.78 Å². The summed E-state index contributed by atoms with van der Waals surface area (Å²) in [4.78, 5) is 0.110. The maximum absolute atomic E-state index is 12.8. The van der Waals surface area contributed by atoms with Crippen LogP contribution >= 0.6 is 0 Å². The molecule has 0 aromatic heterocycles. The Balaban J connectivity index is 1.87. The summed E-state index contributed by atoms with van der Waals surface area (Å²) in [6.45, 7) is -3.01. The Morgan fingerprint density at radius 3 is 2.44 bits per heavy atom. The van der Waals surface area contributed by atoms with Gasteiger partial charge in [0.05, 0.1) is 12.0 Å². The molecule has 0 amide bonds. The monoisotopic (exact) mass is 393 g/mol. The average Bonchev–Trinajstić information content (AvgIpc) is 2.65. The summed E-state index contributed by atoms with van der Waals surface area (Å²) in [7, 11) is -2.32. The predicted octanol–water partition coefficient (Wildman–Crippen LogP) is 3.93. The molecular formula is C19H17F2NO4S. The lowest BCUT2D eigenvalue weighted by Crippen LogP contribution is -2.23. The highest BCUT2D eigenvalue weighted by molar-refractivity contribution is 7.89. The Morgan fingerprint density at radius 1 is 1.00 bits per heavy atom. The molecular weight excluding hydrogens is 376 g/mol. The maximum atomic E-state index is 12.8. The molecule has 0 fully saturated rings. The van der Waals surface area contributed by atoms with Crippen LogP contribution < -0.4 is 14.2 Å². The van der Waals surface area contributed by atoms with E-state index >= 15 is 0 Å². The lowest BCUT2D eigenvalue weighted by Gasteiger charge is -2.12. The molecule has 0 aliphatic heterocycles. The molecule has 0 bridgehead atoms. The van der Waals surface area contributed by atoms with E-state index in [1.807, 2.05) is 0 Å². The van der Waals surface area contributed by atoms with Crippen LogP contribution in [0.15, 0.2) is 65.6 Å². The first-order chi connectivity index (χ1) is 12.9. The van der Waals surface area contributed by atoms with E-state index in [0.29, 0.717) is 22.1 Å². The van der Waals surface area contributed by atoms with Crippen molar-refractivity contribution in [3.63, 3.8) is 0 Å². The molecule has 5 nitrogen and oxygen atoms in total. The number of ether oxygens (including phenoxy) is 2. The molecule has 8 heteroatoms. The number of rotatable bonds is 7. The fourth-order valence-corrected chi connectivity index (χ4v) is 3.97. The quantitative estimate of drug-likeness (QED) is 0.661. The Hall–Kier alpha value is -2.71. The second-order valence-electron chi connectivity index (χ2n) is 5.66. The van der Waals surface area contributed by atoms with Gasteiger partial charge >= 0.3 is 6.61 Å². The van der Waals surface area contributed by atoms with Gasteiger partial charge < -0.3 is 9.47 Å². The summed E-state index contributed by atoms with van der Waals surface area (Å²) >= 11 is 0. The zero-order chi connectivity index (χ0) is 19.4. The van der Waals surface area contributed by atoms with E-state index in [0.717, 1.165) is 0 Å². The Bertz CT molecular complexity index is 1050. The van der Waals surface area contributed by atoms with Gasteiger partial charge in [-0.15, -0.1) is 0 Å². The zero-order valence-corrected chi connectivity index (χ0v) is 15.2. The van der Waals surface area contributed by atoms with Gasteiger partial charge in [-0.05, 0) is 29.8 Å². The van der Waals surface area contributed by atoms with Crippen molar-refractivity contribution < 1.29 is 26.7 Å². The van der Waals surface area contributed by atoms with Gasteiger partial charge in [-0.25, -0.2) is 13.1 Å². The van der Waals surface area contributed by atoms with E-state index in [1.165, 1.54) is 31.4 Å². The number of benzene rings is 3. The molecule has 3 aromatic rings. The first-order valence-corrected chi connectivity index (χ1v) is 9.48. The smallest absolute Gasteiger partial charge is 0.387 e. The summed E-state index contributed by atoms with van der Waals surface area (Å²) in [6, 6.07) is 15.9. The van der Waals surface area contributed by atoms with Crippen LogP contribution in [0.3, 0.4) is 0 Å². The summed E-state index contributed by atoms with van der Waals surface area (Å²) in [5, 5.41) is 1.20. The number of sulfonamides is 1. The van der Waals surface area contributed by atoms with Crippen molar-refractivity contribution in [3.8, 4) is 11.5 Å². The minimum absolute atomic E-state index is 0.0309. The molecule has 1 N–H and O–H groups in total. The van der Waals surface area contributed by atoms with Crippen molar-refractivity contribution in [2.24, 2.45) is 0 Å². The maximum Gasteiger partial charge on any atom is 0.387 e. The summed E-state index contributed by atoms with van der Waals surface area (Å²) in [5.74, 6) is 0.540. The largest absolute Gasteiger partial charge is 0.496 e. The van der Waals surface area contributed by atoms with E-state index in [9.17, 15) is 17.2 Å². The molecule has 0 saturated carbocycles. The van der Waals surface area contributed by atoms with Crippen molar-refractivity contribution >= 4 is 20.8 Å². The van der Waals surface area contributed by atoms with Crippen molar-refractivity contribution in [3.05, 3.63) is 66.2 Å². The molecule has 0 spiro atoms. The number of alkyl halides is 2. The van der Waals surface area contributed by atoms with Gasteiger partial charge in [-0.2, -0.15) is 8.78 Å². The summed E-state index contributed by atoms with van der Waals surface area (Å²) in [6.07, 6.45) is 0. The Morgan fingerprint density at radius 2 is 1.74 bits per heavy atom. The van der Waals surface area contributed by atoms with Gasteiger partial charge in [0.1, 0.15) is 11.5 Å². The number of nitrogens with one attached hydrogen (secondary N) is 1. The number of methoxy groups -OCH3 is 1. The van der Waals surface area contributed by atoms with Gasteiger partial charge in [0.2, 0.25) is 10.0 Å². The van der Waals surface area contributed by atoms with Crippen molar-refractivity contribution in [2.75, 3.05) is 7.11 Å². The Kier molecular flexibility index (Phi) is 5.57. The molecule has 3 rings (SSSR count). The number of hydrogen-bond donors (Lipinski definition) is 1. The highest BCUT2D eigenvalue weighted by Crippen LogP contribution is 2.30. The summed E-state index contributed by atoms with van der Waals surface area (Å²) in [5.41, 5.74) is 0.495. The van der Waals surface area contributed by atoms with Crippen molar-refractivity contribution in [1.82, 2.24) is 4.72 Å². The topological polar surface area (TPSA) is 64.6 Å². The number of hydrogen-bond acceptors (Lipinski definition) is 4. The van der Waals surface area contributed by atoms with E-state index < -0.39 is 16.6 Å². The molecule has 27 heavy (non-hydrogen) atoms. The van der Waals surface area contributed by atoms with Crippen LogP contribution in [0, 0.1) is 0 Å². The van der Waals surface area contributed by atoms with Gasteiger partial charge in [0.15, 0.2) is 0 Å². The molecule has 0 unspecified atom stereocenters. The minimum Gasteiger partial charge on any atom is -0.496 e. The third-order valence-electron chi connectivity index (χ3n) is 3.94. The first kappa shape index (κ1) is 19.1. The molecule has 3 aromatic carbocycles. The van der Waals surface area contributed by atoms with Crippen LogP contribution in [0.25, 0.3) is 10.8 Å². The van der Waals surface area contributed by atoms with Crippen molar-refractivity contribution in [1.29, 1.82) is 0 Å². The predicted molar refractivity (Wildman–Crippen MR) is 97.6 cm³/mol. The van der Waals surface area contributed by atoms with E-state index in [1.54, 1.807) is 36.4 Å². The third-order valence-corrected chi connectivity index (χ3v) is 5.40. The average molecular weight is 393 g/mol. The SMILES string of the molecule is COc1ccc(S(=O)(=O)NCc2cccc(OC(F)F)c2)c2ccccc12. The molecule has 0 atom stereocenters. The highest BCUT2D eigenvalue weighted by atomic mass is 32.2. The van der Waals surface area contributed by atoms with Gasteiger partial charge in [-0.3, -0.25) is 0 Å². The molecule has 0 radical (unpaired) electrons. The zero-order valence-electron chi connectivity index (χ0n) is 14.4. The van der Waals surface area contributed by atoms with Crippen LogP contribution in [-0.2, 0) is 16.6 Å². The number of halogens is 2. The standard InChI is InChI=1S/C19H17F2NO4S/c1-25-17-9-10-18(16-8-3-2-7-15(16)17)27(23,24)22-12-13-5-4-6-14(11-13)26-19(20)21/h2-11,19,22H,12H2,1H3. The van der Waals surface area contributed by atoms with Crippen LogP contribution in [0.2, 0.25) is 0 Å². The third kappa shape index (κ3) is 4.35. The minimum atomic E-state index is -3.84. The Labute approximate surface area is 155 Å². The molecule has 0 aliphatic carbocycles. The molecule has 0 saturated heterocycles. The van der Waals surface area contributed by atoms with E-state index in [-0.39, 0.29) is 17.2 Å². The highest BCUT2D eigenvalue weighted by Gasteiger charge is 2.19.